The first-order valence-corrected chi connectivity index (χ1v) is 7.05. The van der Waals surface area contributed by atoms with Crippen molar-refractivity contribution in [1.82, 2.24) is 9.88 Å². The first kappa shape index (κ1) is 14.1. The van der Waals surface area contributed by atoms with Crippen LogP contribution >= 0.6 is 0 Å². The van der Waals surface area contributed by atoms with Gasteiger partial charge in [0, 0.05) is 6.20 Å². The molecule has 0 unspecified atom stereocenters. The Morgan fingerprint density at radius 1 is 1.37 bits per heavy atom. The Kier molecular flexibility index (Phi) is 4.30. The molecule has 3 nitrogen and oxygen atoms in total. The van der Waals surface area contributed by atoms with Crippen LogP contribution in [0, 0.1) is 5.82 Å². The molecule has 0 bridgehead atoms. The van der Waals surface area contributed by atoms with Crippen LogP contribution < -0.4 is 0 Å². The smallest absolute Gasteiger partial charge is 0.186 e. The summed E-state index contributed by atoms with van der Waals surface area (Å²) in [5.74, 6) is -0.584. The summed E-state index contributed by atoms with van der Waals surface area (Å²) in [6.07, 6.45) is 6.34. The van der Waals surface area contributed by atoms with Crippen molar-refractivity contribution in [3.63, 3.8) is 0 Å². The van der Waals surface area contributed by atoms with Crippen molar-refractivity contribution in [2.45, 2.75) is 45.1 Å². The van der Waals surface area contributed by atoms with Gasteiger partial charge in [0.15, 0.2) is 11.6 Å². The van der Waals surface area contributed by atoms with Crippen LogP contribution in [0.5, 0.6) is 0 Å². The summed E-state index contributed by atoms with van der Waals surface area (Å²) >= 11 is 0. The third-order valence-corrected chi connectivity index (χ3v) is 4.24. The van der Waals surface area contributed by atoms with E-state index < -0.39 is 11.4 Å². The van der Waals surface area contributed by atoms with Gasteiger partial charge in [0.05, 0.1) is 17.3 Å². The van der Waals surface area contributed by atoms with Crippen LogP contribution in [0.4, 0.5) is 4.39 Å². The summed E-state index contributed by atoms with van der Waals surface area (Å²) in [4.78, 5) is 18.7. The quantitative estimate of drug-likeness (QED) is 0.766. The third kappa shape index (κ3) is 2.41. The van der Waals surface area contributed by atoms with Crippen LogP contribution in [0.1, 0.15) is 49.9 Å². The van der Waals surface area contributed by atoms with Gasteiger partial charge < -0.3 is 0 Å². The number of likely N-dealkylation sites (N-methyl/N-ethyl adjacent to an activating group) is 1. The second-order valence-corrected chi connectivity index (χ2v) is 5.10. The van der Waals surface area contributed by atoms with Crippen LogP contribution in [0.25, 0.3) is 0 Å². The van der Waals surface area contributed by atoms with Gasteiger partial charge in [0.25, 0.3) is 0 Å². The average molecular weight is 264 g/mol. The summed E-state index contributed by atoms with van der Waals surface area (Å²) in [6, 6.07) is 1.50. The second kappa shape index (κ2) is 5.78. The summed E-state index contributed by atoms with van der Waals surface area (Å²) in [6.45, 7) is 5.74. The van der Waals surface area contributed by atoms with E-state index >= 15 is 0 Å². The van der Waals surface area contributed by atoms with Crippen molar-refractivity contribution < 1.29 is 9.18 Å². The van der Waals surface area contributed by atoms with E-state index in [4.69, 9.17) is 0 Å². The topological polar surface area (TPSA) is 33.2 Å². The van der Waals surface area contributed by atoms with E-state index in [1.807, 2.05) is 0 Å². The van der Waals surface area contributed by atoms with Gasteiger partial charge in [0.1, 0.15) is 0 Å². The molecule has 1 heterocycles. The Morgan fingerprint density at radius 2 is 2.00 bits per heavy atom. The lowest BCUT2D eigenvalue weighted by Crippen LogP contribution is -2.52. The number of rotatable bonds is 5. The average Bonchev–Trinajstić information content (AvgIpc) is 2.90. The molecule has 1 fully saturated rings. The molecule has 0 spiro atoms. The highest BCUT2D eigenvalue weighted by molar-refractivity contribution is 6.03. The summed E-state index contributed by atoms with van der Waals surface area (Å²) in [5, 5.41) is 0. The van der Waals surface area contributed by atoms with E-state index in [0.29, 0.717) is 0 Å². The lowest BCUT2D eigenvalue weighted by molar-refractivity contribution is 0.0580. The Labute approximate surface area is 113 Å². The number of hydrogen-bond acceptors (Lipinski definition) is 3. The van der Waals surface area contributed by atoms with Crippen LogP contribution in [0.2, 0.25) is 0 Å². The number of Topliss-reactive ketones (excluding diaryl/α,β-unsaturated/α-hetero) is 1. The Morgan fingerprint density at radius 3 is 2.53 bits per heavy atom. The van der Waals surface area contributed by atoms with E-state index in [2.05, 4.69) is 23.7 Å². The zero-order valence-electron chi connectivity index (χ0n) is 11.7. The number of halogens is 1. The van der Waals surface area contributed by atoms with Gasteiger partial charge in [-0.1, -0.05) is 26.7 Å². The summed E-state index contributed by atoms with van der Waals surface area (Å²) in [7, 11) is 0. The molecule has 4 heteroatoms. The van der Waals surface area contributed by atoms with Crippen molar-refractivity contribution in [3.8, 4) is 0 Å². The van der Waals surface area contributed by atoms with Gasteiger partial charge in [-0.15, -0.1) is 0 Å². The molecular weight excluding hydrogens is 243 g/mol. The minimum atomic E-state index is -0.508. The summed E-state index contributed by atoms with van der Waals surface area (Å²) in [5.41, 5.74) is -0.324. The minimum absolute atomic E-state index is 0.0754. The number of hydrogen-bond donors (Lipinski definition) is 0. The van der Waals surface area contributed by atoms with Crippen molar-refractivity contribution >= 4 is 5.78 Å². The van der Waals surface area contributed by atoms with Gasteiger partial charge in [-0.25, -0.2) is 4.39 Å². The maximum atomic E-state index is 13.8. The standard InChI is InChI=1S/C15H21FN2O/c1-3-18(4-2)15(8-5-6-9-15)14(19)12-7-10-17-11-13(12)16/h7,10-11H,3-6,8-9H2,1-2H3. The molecule has 2 rings (SSSR count). The largest absolute Gasteiger partial charge is 0.292 e. The van der Waals surface area contributed by atoms with E-state index in [0.717, 1.165) is 45.0 Å². The van der Waals surface area contributed by atoms with E-state index in [-0.39, 0.29) is 11.3 Å². The predicted octanol–water partition coefficient (Wildman–Crippen LogP) is 3.06. The van der Waals surface area contributed by atoms with Crippen LogP contribution in [0.3, 0.4) is 0 Å². The molecule has 0 amide bonds. The molecule has 1 aromatic heterocycles. The number of carbonyl (C=O) groups excluding carboxylic acids is 1. The lowest BCUT2D eigenvalue weighted by Gasteiger charge is -2.39. The highest BCUT2D eigenvalue weighted by atomic mass is 19.1. The van der Waals surface area contributed by atoms with Gasteiger partial charge in [-0.05, 0) is 32.0 Å². The summed E-state index contributed by atoms with van der Waals surface area (Å²) < 4.78 is 13.8. The normalized spacial score (nSPS) is 17.9. The fourth-order valence-electron chi connectivity index (χ4n) is 3.29. The molecule has 0 saturated heterocycles. The maximum Gasteiger partial charge on any atom is 0.186 e. The zero-order chi connectivity index (χ0) is 13.9. The number of aromatic nitrogens is 1. The van der Waals surface area contributed by atoms with Crippen LogP contribution in [0.15, 0.2) is 18.5 Å². The third-order valence-electron chi connectivity index (χ3n) is 4.24. The van der Waals surface area contributed by atoms with Crippen molar-refractivity contribution in [1.29, 1.82) is 0 Å². The minimum Gasteiger partial charge on any atom is -0.292 e. The molecular formula is C15H21FN2O. The zero-order valence-corrected chi connectivity index (χ0v) is 11.7. The molecule has 1 aliphatic carbocycles. The molecule has 0 N–H and O–H groups in total. The highest BCUT2D eigenvalue weighted by Gasteiger charge is 2.45. The predicted molar refractivity (Wildman–Crippen MR) is 72.6 cm³/mol. The monoisotopic (exact) mass is 264 g/mol. The van der Waals surface area contributed by atoms with Gasteiger partial charge in [-0.2, -0.15) is 0 Å². The maximum absolute atomic E-state index is 13.8. The fraction of sp³-hybridized carbons (Fsp3) is 0.600. The second-order valence-electron chi connectivity index (χ2n) is 5.10. The Hall–Kier alpha value is -1.29. The first-order valence-electron chi connectivity index (χ1n) is 7.05. The first-order chi connectivity index (χ1) is 9.15. The SMILES string of the molecule is CCN(CC)C1(C(=O)c2ccncc2F)CCCC1. The molecule has 1 saturated carbocycles. The molecule has 19 heavy (non-hydrogen) atoms. The molecule has 1 aromatic rings. The Balaban J connectivity index is 2.40. The number of nitrogens with zero attached hydrogens (tertiary/aromatic N) is 2. The van der Waals surface area contributed by atoms with E-state index in [1.54, 1.807) is 0 Å². The van der Waals surface area contributed by atoms with Crippen molar-refractivity contribution in [3.05, 3.63) is 29.8 Å². The molecule has 104 valence electrons. The lowest BCUT2D eigenvalue weighted by atomic mass is 9.85. The van der Waals surface area contributed by atoms with Gasteiger partial charge in [0.2, 0.25) is 0 Å². The number of ketones is 1. The van der Waals surface area contributed by atoms with Gasteiger partial charge >= 0.3 is 0 Å². The van der Waals surface area contributed by atoms with Crippen molar-refractivity contribution in [2.75, 3.05) is 13.1 Å². The highest BCUT2D eigenvalue weighted by Crippen LogP contribution is 2.38. The van der Waals surface area contributed by atoms with E-state index in [9.17, 15) is 9.18 Å². The molecule has 0 aromatic carbocycles. The van der Waals surface area contributed by atoms with Gasteiger partial charge in [-0.3, -0.25) is 14.7 Å². The van der Waals surface area contributed by atoms with Crippen LogP contribution in [-0.4, -0.2) is 34.3 Å². The van der Waals surface area contributed by atoms with Crippen molar-refractivity contribution in [2.24, 2.45) is 0 Å². The number of carbonyl (C=O) groups is 1. The molecule has 0 atom stereocenters. The number of pyridine rings is 1. The van der Waals surface area contributed by atoms with E-state index in [1.165, 1.54) is 12.3 Å². The molecule has 0 aliphatic heterocycles. The molecule has 0 radical (unpaired) electrons. The Bertz CT molecular complexity index is 451. The molecule has 1 aliphatic rings. The fourth-order valence-corrected chi connectivity index (χ4v) is 3.29. The van der Waals surface area contributed by atoms with Crippen LogP contribution in [-0.2, 0) is 0 Å².